The standard InChI is InChI=1S/C22H20ClF4N7O/c1-13-28-12-34(33-13)19-9-6-15(11-18(19)24)29-21-30-20(31-32-21)17(3-2-10-23)14-4-7-16(8-5-14)35-22(25,26)27/h4-9,11-12,17H,2-3,10H2,1H3,(H2,29,30,31,32). The molecule has 4 rings (SSSR count). The van der Waals surface area contributed by atoms with E-state index in [0.717, 1.165) is 0 Å². The minimum absolute atomic E-state index is 0.205. The third-order valence-electron chi connectivity index (χ3n) is 5.03. The van der Waals surface area contributed by atoms with Gasteiger partial charge in [0.05, 0.1) is 0 Å². The van der Waals surface area contributed by atoms with Crippen molar-refractivity contribution in [2.45, 2.75) is 32.0 Å². The predicted molar refractivity (Wildman–Crippen MR) is 121 cm³/mol. The number of halogens is 5. The maximum atomic E-state index is 14.6. The van der Waals surface area contributed by atoms with Crippen molar-refractivity contribution < 1.29 is 22.3 Å². The number of aromatic amines is 1. The first-order chi connectivity index (χ1) is 16.7. The second-order valence-electron chi connectivity index (χ2n) is 7.57. The van der Waals surface area contributed by atoms with Gasteiger partial charge in [-0.2, -0.15) is 10.1 Å². The van der Waals surface area contributed by atoms with Gasteiger partial charge < -0.3 is 10.1 Å². The van der Waals surface area contributed by atoms with Crippen molar-refractivity contribution in [2.75, 3.05) is 11.2 Å². The van der Waals surface area contributed by atoms with Crippen LogP contribution in [0.3, 0.4) is 0 Å². The molecule has 184 valence electrons. The highest BCUT2D eigenvalue weighted by atomic mass is 35.5. The zero-order valence-corrected chi connectivity index (χ0v) is 19.1. The summed E-state index contributed by atoms with van der Waals surface area (Å²) in [6.07, 6.45) is -2.12. The Morgan fingerprint density at radius 1 is 1.17 bits per heavy atom. The molecule has 0 saturated carbocycles. The predicted octanol–water partition coefficient (Wildman–Crippen LogP) is 5.63. The highest BCUT2D eigenvalue weighted by Crippen LogP contribution is 2.31. The van der Waals surface area contributed by atoms with Crippen molar-refractivity contribution in [3.8, 4) is 11.4 Å². The average molecular weight is 510 g/mol. The van der Waals surface area contributed by atoms with Crippen LogP contribution >= 0.6 is 11.6 Å². The van der Waals surface area contributed by atoms with Crippen molar-refractivity contribution in [1.82, 2.24) is 29.9 Å². The second kappa shape index (κ2) is 10.3. The van der Waals surface area contributed by atoms with E-state index < -0.39 is 12.2 Å². The smallest absolute Gasteiger partial charge is 0.406 e. The zero-order valence-electron chi connectivity index (χ0n) is 18.4. The fraction of sp³-hybridized carbons (Fsp3) is 0.273. The van der Waals surface area contributed by atoms with Gasteiger partial charge in [0.1, 0.15) is 29.4 Å². The van der Waals surface area contributed by atoms with Crippen LogP contribution < -0.4 is 10.1 Å². The molecule has 0 aliphatic heterocycles. The van der Waals surface area contributed by atoms with Crippen LogP contribution in [0.15, 0.2) is 48.8 Å². The molecule has 0 saturated heterocycles. The molecule has 4 aromatic rings. The van der Waals surface area contributed by atoms with Crippen LogP contribution in [0.25, 0.3) is 5.69 Å². The van der Waals surface area contributed by atoms with E-state index in [4.69, 9.17) is 11.6 Å². The number of ether oxygens (including phenoxy) is 1. The maximum Gasteiger partial charge on any atom is 0.573 e. The first kappa shape index (κ1) is 24.5. The lowest BCUT2D eigenvalue weighted by Gasteiger charge is -2.15. The Morgan fingerprint density at radius 2 is 1.94 bits per heavy atom. The van der Waals surface area contributed by atoms with Crippen molar-refractivity contribution in [1.29, 1.82) is 0 Å². The van der Waals surface area contributed by atoms with Crippen LogP contribution in [-0.4, -0.2) is 42.2 Å². The summed E-state index contributed by atoms with van der Waals surface area (Å²) in [6, 6.07) is 10.0. The van der Waals surface area contributed by atoms with E-state index >= 15 is 0 Å². The van der Waals surface area contributed by atoms with Crippen LogP contribution in [0, 0.1) is 12.7 Å². The molecular weight excluding hydrogens is 490 g/mol. The lowest BCUT2D eigenvalue weighted by Crippen LogP contribution is -2.17. The van der Waals surface area contributed by atoms with Crippen LogP contribution in [-0.2, 0) is 0 Å². The minimum atomic E-state index is -4.77. The summed E-state index contributed by atoms with van der Waals surface area (Å²) in [5.74, 6) is 0.481. The third-order valence-corrected chi connectivity index (χ3v) is 5.30. The number of rotatable bonds is 9. The Bertz CT molecular complexity index is 1270. The van der Waals surface area contributed by atoms with Gasteiger partial charge in [-0.3, -0.25) is 5.10 Å². The number of anilines is 2. The number of alkyl halides is 4. The van der Waals surface area contributed by atoms with Crippen LogP contribution in [0.1, 0.15) is 36.0 Å². The lowest BCUT2D eigenvalue weighted by atomic mass is 9.94. The number of nitrogens with one attached hydrogen (secondary N) is 2. The number of aryl methyl sites for hydroxylation is 1. The van der Waals surface area contributed by atoms with E-state index in [0.29, 0.717) is 41.6 Å². The summed E-state index contributed by atoms with van der Waals surface area (Å²) >= 11 is 5.85. The van der Waals surface area contributed by atoms with E-state index in [1.807, 2.05) is 0 Å². The molecule has 13 heteroatoms. The Hall–Kier alpha value is -3.67. The van der Waals surface area contributed by atoms with Crippen molar-refractivity contribution in [2.24, 2.45) is 0 Å². The number of H-pyrrole nitrogens is 1. The molecule has 1 unspecified atom stereocenters. The molecule has 0 amide bonds. The van der Waals surface area contributed by atoms with Crippen LogP contribution in [0.4, 0.5) is 29.2 Å². The quantitative estimate of drug-likeness (QED) is 0.224. The number of benzene rings is 2. The Balaban J connectivity index is 1.51. The van der Waals surface area contributed by atoms with Gasteiger partial charge in [-0.15, -0.1) is 29.9 Å². The van der Waals surface area contributed by atoms with Gasteiger partial charge in [-0.05, 0) is 55.7 Å². The summed E-state index contributed by atoms with van der Waals surface area (Å²) in [5.41, 5.74) is 1.37. The minimum Gasteiger partial charge on any atom is -0.406 e. The van der Waals surface area contributed by atoms with Crippen LogP contribution in [0.5, 0.6) is 5.75 Å². The third kappa shape index (κ3) is 6.27. The molecule has 0 fully saturated rings. The van der Waals surface area contributed by atoms with Crippen LogP contribution in [0.2, 0.25) is 0 Å². The fourth-order valence-corrected chi connectivity index (χ4v) is 3.65. The zero-order chi connectivity index (χ0) is 25.0. The molecule has 8 nitrogen and oxygen atoms in total. The van der Waals surface area contributed by atoms with Gasteiger partial charge in [0.25, 0.3) is 0 Å². The first-order valence-corrected chi connectivity index (χ1v) is 11.0. The van der Waals surface area contributed by atoms with Gasteiger partial charge in [0.2, 0.25) is 5.95 Å². The van der Waals surface area contributed by atoms with E-state index in [-0.39, 0.29) is 23.3 Å². The molecule has 0 spiro atoms. The molecule has 2 aromatic carbocycles. The molecule has 35 heavy (non-hydrogen) atoms. The average Bonchev–Trinajstić information content (AvgIpc) is 3.43. The Morgan fingerprint density at radius 3 is 2.57 bits per heavy atom. The molecule has 0 bridgehead atoms. The van der Waals surface area contributed by atoms with Gasteiger partial charge in [0, 0.05) is 17.5 Å². The number of aromatic nitrogens is 6. The molecule has 0 aliphatic rings. The van der Waals surface area contributed by atoms with Crippen molar-refractivity contribution >= 4 is 23.2 Å². The fourth-order valence-electron chi connectivity index (χ4n) is 3.49. The lowest BCUT2D eigenvalue weighted by molar-refractivity contribution is -0.274. The first-order valence-electron chi connectivity index (χ1n) is 10.5. The van der Waals surface area contributed by atoms with Gasteiger partial charge in [-0.25, -0.2) is 14.1 Å². The number of hydrogen-bond acceptors (Lipinski definition) is 6. The molecule has 1 atom stereocenters. The van der Waals surface area contributed by atoms with Gasteiger partial charge in [-0.1, -0.05) is 12.1 Å². The molecule has 2 aromatic heterocycles. The normalized spacial score (nSPS) is 12.5. The summed E-state index contributed by atoms with van der Waals surface area (Å²) in [4.78, 5) is 8.44. The summed E-state index contributed by atoms with van der Waals surface area (Å²) in [6.45, 7) is 1.70. The highest BCUT2D eigenvalue weighted by molar-refractivity contribution is 6.17. The summed E-state index contributed by atoms with van der Waals surface area (Å²) in [7, 11) is 0. The number of nitrogens with zero attached hydrogens (tertiary/aromatic N) is 5. The largest absolute Gasteiger partial charge is 0.573 e. The Kier molecular flexibility index (Phi) is 7.20. The second-order valence-corrected chi connectivity index (χ2v) is 7.95. The molecule has 2 heterocycles. The van der Waals surface area contributed by atoms with Gasteiger partial charge in [0.15, 0.2) is 5.82 Å². The Labute approximate surface area is 202 Å². The summed E-state index contributed by atoms with van der Waals surface area (Å²) in [5, 5.41) is 14.0. The van der Waals surface area contributed by atoms with Crippen molar-refractivity contribution in [3.63, 3.8) is 0 Å². The maximum absolute atomic E-state index is 14.6. The summed E-state index contributed by atoms with van der Waals surface area (Å²) < 4.78 is 57.2. The molecule has 0 radical (unpaired) electrons. The molecular formula is C22H20ClF4N7O. The van der Waals surface area contributed by atoms with E-state index in [1.54, 1.807) is 19.1 Å². The number of hydrogen-bond donors (Lipinski definition) is 2. The van der Waals surface area contributed by atoms with E-state index in [9.17, 15) is 17.6 Å². The monoisotopic (exact) mass is 509 g/mol. The molecule has 2 N–H and O–H groups in total. The topological polar surface area (TPSA) is 93.5 Å². The van der Waals surface area contributed by atoms with Gasteiger partial charge >= 0.3 is 6.36 Å². The van der Waals surface area contributed by atoms with E-state index in [1.165, 1.54) is 41.3 Å². The molecule has 0 aliphatic carbocycles. The van der Waals surface area contributed by atoms with E-state index in [2.05, 4.69) is 35.3 Å². The SMILES string of the molecule is Cc1ncn(-c2ccc(Nc3n[nH]c(C(CCCCl)c4ccc(OC(F)(F)F)cc4)n3)cc2F)n1. The highest BCUT2D eigenvalue weighted by Gasteiger charge is 2.31. The van der Waals surface area contributed by atoms with Crippen molar-refractivity contribution in [3.05, 3.63) is 71.8 Å².